The molecule has 1 saturated heterocycles. The molecular formula is C18H25N5O2. The molecule has 1 aliphatic heterocycles. The zero-order chi connectivity index (χ0) is 17.6. The van der Waals surface area contributed by atoms with E-state index in [9.17, 15) is 4.79 Å². The minimum Gasteiger partial charge on any atom is -0.342 e. The standard InChI is InChI=1S/C18H25N5O2/c1-14-20-17(21-25-14)13-22(2)16-6-4-9-23(10-7-16)18(24)11-15-5-3-8-19-12-15/h3,5,8,12,16H,4,6-7,9-11,13H2,1-2H3/t16-/m1/s1. The first-order valence-corrected chi connectivity index (χ1v) is 8.78. The summed E-state index contributed by atoms with van der Waals surface area (Å²) in [6, 6.07) is 4.25. The van der Waals surface area contributed by atoms with Crippen molar-refractivity contribution in [1.29, 1.82) is 0 Å². The summed E-state index contributed by atoms with van der Waals surface area (Å²) in [7, 11) is 2.09. The van der Waals surface area contributed by atoms with Gasteiger partial charge in [-0.1, -0.05) is 11.2 Å². The van der Waals surface area contributed by atoms with Crippen molar-refractivity contribution in [1.82, 2.24) is 24.9 Å². The van der Waals surface area contributed by atoms with Crippen LogP contribution in [0.1, 0.15) is 36.5 Å². The van der Waals surface area contributed by atoms with Crippen LogP contribution in [0.4, 0.5) is 0 Å². The van der Waals surface area contributed by atoms with Gasteiger partial charge in [0.15, 0.2) is 5.82 Å². The molecule has 0 radical (unpaired) electrons. The number of carbonyl (C=O) groups is 1. The van der Waals surface area contributed by atoms with Gasteiger partial charge in [-0.3, -0.25) is 14.7 Å². The van der Waals surface area contributed by atoms with Gasteiger partial charge < -0.3 is 9.42 Å². The average molecular weight is 343 g/mol. The summed E-state index contributed by atoms with van der Waals surface area (Å²) in [6.45, 7) is 4.09. The SMILES string of the molecule is Cc1nc(CN(C)[C@@H]2CCCN(C(=O)Cc3cccnc3)CC2)no1. The Morgan fingerprint density at radius 2 is 2.28 bits per heavy atom. The van der Waals surface area contributed by atoms with Crippen LogP contribution in [0.2, 0.25) is 0 Å². The molecule has 2 aromatic rings. The highest BCUT2D eigenvalue weighted by Gasteiger charge is 2.24. The van der Waals surface area contributed by atoms with Crippen molar-refractivity contribution in [3.63, 3.8) is 0 Å². The highest BCUT2D eigenvalue weighted by atomic mass is 16.5. The molecule has 0 saturated carbocycles. The second kappa shape index (κ2) is 8.20. The maximum absolute atomic E-state index is 12.5. The number of carbonyl (C=O) groups excluding carboxylic acids is 1. The van der Waals surface area contributed by atoms with Crippen molar-refractivity contribution >= 4 is 5.91 Å². The maximum Gasteiger partial charge on any atom is 0.227 e. The van der Waals surface area contributed by atoms with Crippen LogP contribution in [0.15, 0.2) is 29.0 Å². The first-order valence-electron chi connectivity index (χ1n) is 8.78. The number of hydrogen-bond donors (Lipinski definition) is 0. The lowest BCUT2D eigenvalue weighted by Gasteiger charge is -2.26. The van der Waals surface area contributed by atoms with Crippen LogP contribution < -0.4 is 0 Å². The Morgan fingerprint density at radius 1 is 1.40 bits per heavy atom. The van der Waals surface area contributed by atoms with Crippen molar-refractivity contribution in [3.05, 3.63) is 41.8 Å². The van der Waals surface area contributed by atoms with E-state index in [1.165, 1.54) is 0 Å². The lowest BCUT2D eigenvalue weighted by atomic mass is 10.1. The number of likely N-dealkylation sites (tertiary alicyclic amines) is 1. The molecule has 134 valence electrons. The minimum atomic E-state index is 0.185. The zero-order valence-electron chi connectivity index (χ0n) is 14.9. The Hall–Kier alpha value is -2.28. The number of aryl methyl sites for hydroxylation is 1. The number of amides is 1. The molecule has 1 atom stereocenters. The van der Waals surface area contributed by atoms with Crippen LogP contribution in [0.3, 0.4) is 0 Å². The number of nitrogens with zero attached hydrogens (tertiary/aromatic N) is 5. The summed E-state index contributed by atoms with van der Waals surface area (Å²) < 4.78 is 5.04. The van der Waals surface area contributed by atoms with E-state index in [1.807, 2.05) is 17.0 Å². The van der Waals surface area contributed by atoms with Crippen molar-refractivity contribution < 1.29 is 9.32 Å². The van der Waals surface area contributed by atoms with E-state index in [0.29, 0.717) is 30.7 Å². The third-order valence-electron chi connectivity index (χ3n) is 4.71. The van der Waals surface area contributed by atoms with Gasteiger partial charge in [0, 0.05) is 38.4 Å². The predicted octanol–water partition coefficient (Wildman–Crippen LogP) is 1.83. The van der Waals surface area contributed by atoms with Gasteiger partial charge in [0.2, 0.25) is 11.8 Å². The predicted molar refractivity (Wildman–Crippen MR) is 92.7 cm³/mol. The van der Waals surface area contributed by atoms with Crippen LogP contribution in [0.25, 0.3) is 0 Å². The van der Waals surface area contributed by atoms with E-state index >= 15 is 0 Å². The monoisotopic (exact) mass is 343 g/mol. The van der Waals surface area contributed by atoms with Gasteiger partial charge in [-0.05, 0) is 37.9 Å². The fourth-order valence-electron chi connectivity index (χ4n) is 3.32. The largest absolute Gasteiger partial charge is 0.342 e. The molecule has 7 heteroatoms. The molecule has 0 aliphatic carbocycles. The summed E-state index contributed by atoms with van der Waals surface area (Å²) in [5.74, 6) is 1.50. The molecular weight excluding hydrogens is 318 g/mol. The maximum atomic E-state index is 12.5. The van der Waals surface area contributed by atoms with Crippen LogP contribution >= 0.6 is 0 Å². The van der Waals surface area contributed by atoms with Gasteiger partial charge in [-0.15, -0.1) is 0 Å². The molecule has 1 aliphatic rings. The second-order valence-electron chi connectivity index (χ2n) is 6.65. The first-order chi connectivity index (χ1) is 12.1. The van der Waals surface area contributed by atoms with E-state index in [0.717, 1.165) is 37.9 Å². The van der Waals surface area contributed by atoms with Crippen molar-refractivity contribution in [2.75, 3.05) is 20.1 Å². The molecule has 3 heterocycles. The molecule has 25 heavy (non-hydrogen) atoms. The van der Waals surface area contributed by atoms with Gasteiger partial charge in [-0.2, -0.15) is 4.98 Å². The van der Waals surface area contributed by atoms with Crippen LogP contribution in [-0.2, 0) is 17.8 Å². The number of aromatic nitrogens is 3. The van der Waals surface area contributed by atoms with Gasteiger partial charge in [0.25, 0.3) is 0 Å². The fourth-order valence-corrected chi connectivity index (χ4v) is 3.32. The fraction of sp³-hybridized carbons (Fsp3) is 0.556. The number of hydrogen-bond acceptors (Lipinski definition) is 6. The first kappa shape index (κ1) is 17.5. The summed E-state index contributed by atoms with van der Waals surface area (Å²) in [4.78, 5) is 25.1. The molecule has 0 spiro atoms. The van der Waals surface area contributed by atoms with Gasteiger partial charge in [0.05, 0.1) is 13.0 Å². The topological polar surface area (TPSA) is 75.4 Å². The molecule has 0 unspecified atom stereocenters. The van der Waals surface area contributed by atoms with E-state index in [4.69, 9.17) is 4.52 Å². The van der Waals surface area contributed by atoms with Crippen molar-refractivity contribution in [3.8, 4) is 0 Å². The van der Waals surface area contributed by atoms with Gasteiger partial charge in [-0.25, -0.2) is 0 Å². The Balaban J connectivity index is 1.52. The van der Waals surface area contributed by atoms with Crippen molar-refractivity contribution in [2.45, 2.75) is 45.2 Å². The third kappa shape index (κ3) is 4.85. The molecule has 2 aromatic heterocycles. The van der Waals surface area contributed by atoms with Crippen molar-refractivity contribution in [2.24, 2.45) is 0 Å². The molecule has 0 aromatic carbocycles. The van der Waals surface area contributed by atoms with E-state index in [2.05, 4.69) is 27.1 Å². The average Bonchev–Trinajstić information content (AvgIpc) is 2.86. The number of pyridine rings is 1. The lowest BCUT2D eigenvalue weighted by molar-refractivity contribution is -0.130. The van der Waals surface area contributed by atoms with E-state index in [1.54, 1.807) is 19.3 Å². The summed E-state index contributed by atoms with van der Waals surface area (Å²) >= 11 is 0. The molecule has 0 N–H and O–H groups in total. The normalized spacial score (nSPS) is 18.4. The smallest absolute Gasteiger partial charge is 0.227 e. The molecule has 0 bridgehead atoms. The lowest BCUT2D eigenvalue weighted by Crippen LogP contribution is -2.35. The minimum absolute atomic E-state index is 0.185. The summed E-state index contributed by atoms with van der Waals surface area (Å²) in [6.07, 6.45) is 6.97. The van der Waals surface area contributed by atoms with E-state index < -0.39 is 0 Å². The number of rotatable bonds is 5. The van der Waals surface area contributed by atoms with Gasteiger partial charge in [0.1, 0.15) is 0 Å². The van der Waals surface area contributed by atoms with Crippen LogP contribution in [-0.4, -0.2) is 57.0 Å². The zero-order valence-corrected chi connectivity index (χ0v) is 14.9. The molecule has 7 nitrogen and oxygen atoms in total. The highest BCUT2D eigenvalue weighted by molar-refractivity contribution is 5.78. The quantitative estimate of drug-likeness (QED) is 0.824. The Morgan fingerprint density at radius 3 is 3.00 bits per heavy atom. The highest BCUT2D eigenvalue weighted by Crippen LogP contribution is 2.18. The van der Waals surface area contributed by atoms with Crippen LogP contribution in [0.5, 0.6) is 0 Å². The van der Waals surface area contributed by atoms with Crippen LogP contribution in [0, 0.1) is 6.92 Å². The Kier molecular flexibility index (Phi) is 5.75. The van der Waals surface area contributed by atoms with Gasteiger partial charge >= 0.3 is 0 Å². The summed E-state index contributed by atoms with van der Waals surface area (Å²) in [5, 5.41) is 3.97. The van der Waals surface area contributed by atoms with E-state index in [-0.39, 0.29) is 5.91 Å². The molecule has 1 fully saturated rings. The molecule has 3 rings (SSSR count). The Bertz CT molecular complexity index is 688. The Labute approximate surface area is 148 Å². The summed E-state index contributed by atoms with van der Waals surface area (Å²) in [5.41, 5.74) is 0.970. The molecule has 1 amide bonds. The second-order valence-corrected chi connectivity index (χ2v) is 6.65. The third-order valence-corrected chi connectivity index (χ3v) is 4.71.